The van der Waals surface area contributed by atoms with Gasteiger partial charge < -0.3 is 19.9 Å². The Morgan fingerprint density at radius 3 is 2.89 bits per heavy atom. The first-order chi connectivity index (χ1) is 9.10. The second-order valence-electron chi connectivity index (χ2n) is 4.04. The second-order valence-corrected chi connectivity index (χ2v) is 4.56. The average Bonchev–Trinajstić information content (AvgIpc) is 2.39. The fraction of sp³-hybridized carbons (Fsp3) is 0.583. The van der Waals surface area contributed by atoms with E-state index in [1.165, 1.54) is 0 Å². The van der Waals surface area contributed by atoms with E-state index in [0.717, 1.165) is 0 Å². The average molecular weight is 284 g/mol. The maximum absolute atomic E-state index is 12.2. The number of aromatic nitrogens is 2. The molecule has 1 rings (SSSR count). The molecule has 0 fully saturated rings. The van der Waals surface area contributed by atoms with Crippen LogP contribution in [0.15, 0.2) is 17.2 Å². The topological polar surface area (TPSA) is 73.4 Å². The Kier molecular flexibility index (Phi) is 6.44. The van der Waals surface area contributed by atoms with Crippen LogP contribution in [-0.2, 0) is 11.3 Å². The molecule has 7 heteroatoms. The standard InChI is InChI=1S/C12H20N4O2S/c1-3-15-7-5-14-11(12(15)17)16(8-9-18-2)6-4-10(13)19/h5,7H,3-4,6,8-9H2,1-2H3,(H2,13,19). The van der Waals surface area contributed by atoms with Crippen molar-refractivity contribution in [2.24, 2.45) is 5.73 Å². The predicted molar refractivity (Wildman–Crippen MR) is 79.7 cm³/mol. The van der Waals surface area contributed by atoms with Gasteiger partial charge in [-0.3, -0.25) is 4.79 Å². The first-order valence-electron chi connectivity index (χ1n) is 6.17. The Balaban J connectivity index is 2.95. The van der Waals surface area contributed by atoms with Crippen LogP contribution in [0.2, 0.25) is 0 Å². The minimum atomic E-state index is -0.107. The third-order valence-corrected chi connectivity index (χ3v) is 2.93. The number of aryl methyl sites for hydroxylation is 1. The van der Waals surface area contributed by atoms with Crippen molar-refractivity contribution in [3.63, 3.8) is 0 Å². The van der Waals surface area contributed by atoms with Crippen molar-refractivity contribution in [1.29, 1.82) is 0 Å². The molecule has 6 nitrogen and oxygen atoms in total. The SMILES string of the molecule is CCn1ccnc(N(CCOC)CCC(N)=S)c1=O. The molecule has 0 aromatic carbocycles. The quantitative estimate of drug-likeness (QED) is 0.696. The minimum Gasteiger partial charge on any atom is -0.393 e. The number of hydrogen-bond donors (Lipinski definition) is 1. The number of ether oxygens (including phenoxy) is 1. The van der Waals surface area contributed by atoms with Crippen LogP contribution in [0.3, 0.4) is 0 Å². The van der Waals surface area contributed by atoms with Crippen molar-refractivity contribution in [3.05, 3.63) is 22.7 Å². The summed E-state index contributed by atoms with van der Waals surface area (Å²) in [4.78, 5) is 18.7. The van der Waals surface area contributed by atoms with Crippen molar-refractivity contribution in [3.8, 4) is 0 Å². The molecule has 0 aliphatic heterocycles. The molecule has 0 spiro atoms. The van der Waals surface area contributed by atoms with E-state index in [0.29, 0.717) is 43.5 Å². The van der Waals surface area contributed by atoms with Gasteiger partial charge in [-0.25, -0.2) is 4.98 Å². The van der Waals surface area contributed by atoms with E-state index in [4.69, 9.17) is 22.7 Å². The summed E-state index contributed by atoms with van der Waals surface area (Å²) in [7, 11) is 1.62. The number of nitrogens with zero attached hydrogens (tertiary/aromatic N) is 3. The van der Waals surface area contributed by atoms with Crippen LogP contribution in [0.1, 0.15) is 13.3 Å². The zero-order chi connectivity index (χ0) is 14.3. The first-order valence-corrected chi connectivity index (χ1v) is 6.58. The van der Waals surface area contributed by atoms with Crippen LogP contribution in [0.4, 0.5) is 5.82 Å². The fourth-order valence-electron chi connectivity index (χ4n) is 1.67. The molecule has 0 aliphatic rings. The number of nitrogens with two attached hydrogens (primary N) is 1. The molecule has 0 saturated carbocycles. The van der Waals surface area contributed by atoms with Crippen LogP contribution in [-0.4, -0.2) is 41.3 Å². The Morgan fingerprint density at radius 1 is 1.58 bits per heavy atom. The maximum Gasteiger partial charge on any atom is 0.293 e. The van der Waals surface area contributed by atoms with Crippen LogP contribution in [0.5, 0.6) is 0 Å². The van der Waals surface area contributed by atoms with Crippen LogP contribution in [0, 0.1) is 0 Å². The maximum atomic E-state index is 12.2. The number of rotatable bonds is 8. The number of hydrogen-bond acceptors (Lipinski definition) is 5. The van der Waals surface area contributed by atoms with Crippen LogP contribution >= 0.6 is 12.2 Å². The molecule has 0 atom stereocenters. The molecular weight excluding hydrogens is 264 g/mol. The van der Waals surface area contributed by atoms with Gasteiger partial charge in [0.25, 0.3) is 5.56 Å². The predicted octanol–water partition coefficient (Wildman–Crippen LogP) is 0.392. The molecule has 0 saturated heterocycles. The van der Waals surface area contributed by atoms with Crippen molar-refractivity contribution in [2.45, 2.75) is 19.9 Å². The van der Waals surface area contributed by atoms with Gasteiger partial charge in [0, 0.05) is 45.6 Å². The summed E-state index contributed by atoms with van der Waals surface area (Å²) in [5.41, 5.74) is 5.40. The highest BCUT2D eigenvalue weighted by Crippen LogP contribution is 2.04. The Morgan fingerprint density at radius 2 is 2.32 bits per heavy atom. The van der Waals surface area contributed by atoms with Gasteiger partial charge in [0.05, 0.1) is 11.6 Å². The molecule has 0 radical (unpaired) electrons. The highest BCUT2D eigenvalue weighted by molar-refractivity contribution is 7.80. The van der Waals surface area contributed by atoms with Gasteiger partial charge in [-0.1, -0.05) is 12.2 Å². The normalized spacial score (nSPS) is 10.4. The highest BCUT2D eigenvalue weighted by atomic mass is 32.1. The lowest BCUT2D eigenvalue weighted by Gasteiger charge is -2.22. The van der Waals surface area contributed by atoms with Crippen molar-refractivity contribution >= 4 is 23.0 Å². The lowest BCUT2D eigenvalue weighted by Crippen LogP contribution is -2.37. The van der Waals surface area contributed by atoms with Gasteiger partial charge in [0.2, 0.25) is 0 Å². The minimum absolute atomic E-state index is 0.107. The molecule has 0 amide bonds. The molecule has 1 heterocycles. The van der Waals surface area contributed by atoms with Gasteiger partial charge in [-0.15, -0.1) is 0 Å². The number of methoxy groups -OCH3 is 1. The summed E-state index contributed by atoms with van der Waals surface area (Å²) >= 11 is 4.87. The monoisotopic (exact) mass is 284 g/mol. The molecule has 2 N–H and O–H groups in total. The summed E-state index contributed by atoms with van der Waals surface area (Å²) < 4.78 is 6.67. The summed E-state index contributed by atoms with van der Waals surface area (Å²) in [5, 5.41) is 0. The highest BCUT2D eigenvalue weighted by Gasteiger charge is 2.13. The van der Waals surface area contributed by atoms with Gasteiger partial charge in [0.1, 0.15) is 0 Å². The Bertz CT molecular complexity index is 475. The largest absolute Gasteiger partial charge is 0.393 e. The summed E-state index contributed by atoms with van der Waals surface area (Å²) in [6.45, 7) is 4.19. The Hall–Kier alpha value is -1.47. The van der Waals surface area contributed by atoms with Gasteiger partial charge >= 0.3 is 0 Å². The lowest BCUT2D eigenvalue weighted by molar-refractivity contribution is 0.205. The third kappa shape index (κ3) is 4.60. The molecule has 1 aromatic heterocycles. The number of anilines is 1. The molecule has 106 valence electrons. The van der Waals surface area contributed by atoms with Crippen molar-refractivity contribution in [2.75, 3.05) is 31.7 Å². The van der Waals surface area contributed by atoms with Gasteiger partial charge in [-0.05, 0) is 6.92 Å². The van der Waals surface area contributed by atoms with E-state index in [1.807, 2.05) is 11.8 Å². The fourth-order valence-corrected chi connectivity index (χ4v) is 1.76. The zero-order valence-electron chi connectivity index (χ0n) is 11.3. The van der Waals surface area contributed by atoms with E-state index in [2.05, 4.69) is 4.98 Å². The zero-order valence-corrected chi connectivity index (χ0v) is 12.2. The summed E-state index contributed by atoms with van der Waals surface area (Å²) in [6.07, 6.45) is 3.84. The van der Waals surface area contributed by atoms with Crippen molar-refractivity contribution in [1.82, 2.24) is 9.55 Å². The van der Waals surface area contributed by atoms with Crippen molar-refractivity contribution < 1.29 is 4.74 Å². The molecule has 0 aliphatic carbocycles. The molecule has 19 heavy (non-hydrogen) atoms. The first kappa shape index (κ1) is 15.6. The lowest BCUT2D eigenvalue weighted by atomic mass is 10.3. The molecule has 1 aromatic rings. The smallest absolute Gasteiger partial charge is 0.293 e. The van der Waals surface area contributed by atoms with E-state index in [9.17, 15) is 4.79 Å². The Labute approximate surface area is 118 Å². The van der Waals surface area contributed by atoms with E-state index >= 15 is 0 Å². The van der Waals surface area contributed by atoms with E-state index < -0.39 is 0 Å². The van der Waals surface area contributed by atoms with E-state index in [1.54, 1.807) is 24.1 Å². The van der Waals surface area contributed by atoms with E-state index in [-0.39, 0.29) is 5.56 Å². The third-order valence-electron chi connectivity index (χ3n) is 2.73. The summed E-state index contributed by atoms with van der Waals surface area (Å²) in [6, 6.07) is 0. The molecule has 0 bridgehead atoms. The molecular formula is C12H20N4O2S. The van der Waals surface area contributed by atoms with Crippen LogP contribution in [0.25, 0.3) is 0 Å². The van der Waals surface area contributed by atoms with Gasteiger partial charge in [-0.2, -0.15) is 0 Å². The van der Waals surface area contributed by atoms with Gasteiger partial charge in [0.15, 0.2) is 5.82 Å². The number of thiocarbonyl (C=S) groups is 1. The molecule has 0 unspecified atom stereocenters. The summed E-state index contributed by atoms with van der Waals surface area (Å²) in [5.74, 6) is 0.414. The second kappa shape index (κ2) is 7.85. The van der Waals surface area contributed by atoms with Crippen LogP contribution < -0.4 is 16.2 Å².